The number of anilines is 1. The lowest BCUT2D eigenvalue weighted by atomic mass is 10.1. The molecular formula is C18H18N6O. The van der Waals surface area contributed by atoms with E-state index in [2.05, 4.69) is 15.2 Å². The van der Waals surface area contributed by atoms with Crippen molar-refractivity contribution in [2.75, 3.05) is 5.73 Å². The third-order valence-corrected chi connectivity index (χ3v) is 5.05. The molecule has 1 saturated carbocycles. The molecule has 0 amide bonds. The van der Waals surface area contributed by atoms with Gasteiger partial charge in [-0.1, -0.05) is 6.07 Å². The standard InChI is InChI=1S/C18H18N6O/c19-18-14-9-24(11-2-3-12(25)8-11)23-17(14)13-4-1-10(7-16(13)21-18)15-5-6-20-22-15/h1,4-7,9,11-12,25H,2-3,8H2,(H2,19,21)(H,20,22)/t11-,12+/m1/s1. The summed E-state index contributed by atoms with van der Waals surface area (Å²) in [6, 6.07) is 8.17. The Bertz CT molecular complexity index is 1070. The van der Waals surface area contributed by atoms with Crippen LogP contribution in [0.25, 0.3) is 33.1 Å². The van der Waals surface area contributed by atoms with Gasteiger partial charge in [0, 0.05) is 23.3 Å². The van der Waals surface area contributed by atoms with Crippen LogP contribution in [0.15, 0.2) is 36.7 Å². The van der Waals surface area contributed by atoms with Crippen LogP contribution in [0.4, 0.5) is 5.82 Å². The van der Waals surface area contributed by atoms with Crippen LogP contribution in [0.2, 0.25) is 0 Å². The topological polar surface area (TPSA) is 106 Å². The summed E-state index contributed by atoms with van der Waals surface area (Å²) >= 11 is 0. The first-order chi connectivity index (χ1) is 12.2. The number of nitrogens with two attached hydrogens (primary N) is 1. The van der Waals surface area contributed by atoms with Crippen LogP contribution in [0.5, 0.6) is 0 Å². The average molecular weight is 334 g/mol. The number of H-pyrrole nitrogens is 1. The number of hydrogen-bond donors (Lipinski definition) is 3. The van der Waals surface area contributed by atoms with E-state index in [1.165, 1.54) is 0 Å². The number of aliphatic hydroxyl groups excluding tert-OH is 1. The number of rotatable bonds is 2. The van der Waals surface area contributed by atoms with Crippen LogP contribution < -0.4 is 5.73 Å². The van der Waals surface area contributed by atoms with E-state index in [1.807, 2.05) is 35.1 Å². The lowest BCUT2D eigenvalue weighted by Crippen LogP contribution is -2.07. The van der Waals surface area contributed by atoms with Crippen molar-refractivity contribution in [3.05, 3.63) is 36.7 Å². The van der Waals surface area contributed by atoms with E-state index < -0.39 is 0 Å². The molecule has 0 spiro atoms. The van der Waals surface area contributed by atoms with Crippen LogP contribution in [0, 0.1) is 0 Å². The largest absolute Gasteiger partial charge is 0.393 e. The Morgan fingerprint density at radius 2 is 2.12 bits per heavy atom. The summed E-state index contributed by atoms with van der Waals surface area (Å²) in [4.78, 5) is 4.57. The molecule has 0 saturated heterocycles. The third kappa shape index (κ3) is 2.27. The zero-order valence-corrected chi connectivity index (χ0v) is 13.6. The molecule has 7 heteroatoms. The highest BCUT2D eigenvalue weighted by Crippen LogP contribution is 2.34. The summed E-state index contributed by atoms with van der Waals surface area (Å²) in [6.45, 7) is 0. The normalized spacial score (nSPS) is 20.7. The molecule has 5 rings (SSSR count). The molecule has 1 fully saturated rings. The van der Waals surface area contributed by atoms with E-state index in [0.717, 1.165) is 52.3 Å². The molecule has 0 aliphatic heterocycles. The fourth-order valence-electron chi connectivity index (χ4n) is 3.73. The summed E-state index contributed by atoms with van der Waals surface area (Å²) in [6.07, 6.45) is 6.01. The van der Waals surface area contributed by atoms with E-state index in [4.69, 9.17) is 10.8 Å². The van der Waals surface area contributed by atoms with E-state index in [9.17, 15) is 5.11 Å². The zero-order valence-electron chi connectivity index (χ0n) is 13.6. The number of nitrogens with zero attached hydrogens (tertiary/aromatic N) is 4. The highest BCUT2D eigenvalue weighted by atomic mass is 16.3. The summed E-state index contributed by atoms with van der Waals surface area (Å²) in [5.74, 6) is 0.478. The monoisotopic (exact) mass is 334 g/mol. The highest BCUT2D eigenvalue weighted by molar-refractivity contribution is 6.08. The molecule has 1 aliphatic rings. The van der Waals surface area contributed by atoms with Gasteiger partial charge in [-0.15, -0.1) is 0 Å². The van der Waals surface area contributed by atoms with Gasteiger partial charge in [0.2, 0.25) is 0 Å². The Kier molecular flexibility index (Phi) is 3.05. The first kappa shape index (κ1) is 14.4. The van der Waals surface area contributed by atoms with Crippen molar-refractivity contribution < 1.29 is 5.11 Å². The first-order valence-electron chi connectivity index (χ1n) is 8.45. The van der Waals surface area contributed by atoms with Gasteiger partial charge in [-0.05, 0) is 37.5 Å². The maximum absolute atomic E-state index is 9.80. The van der Waals surface area contributed by atoms with E-state index in [-0.39, 0.29) is 12.1 Å². The van der Waals surface area contributed by atoms with Crippen LogP contribution >= 0.6 is 0 Å². The molecule has 0 unspecified atom stereocenters. The number of benzene rings is 1. The molecule has 25 heavy (non-hydrogen) atoms. The lowest BCUT2D eigenvalue weighted by Gasteiger charge is -2.08. The second kappa shape index (κ2) is 5.29. The van der Waals surface area contributed by atoms with Crippen LogP contribution in [0.3, 0.4) is 0 Å². The van der Waals surface area contributed by atoms with Gasteiger partial charge in [0.15, 0.2) is 0 Å². The molecular weight excluding hydrogens is 316 g/mol. The number of aromatic nitrogens is 5. The van der Waals surface area contributed by atoms with Crippen molar-refractivity contribution in [3.63, 3.8) is 0 Å². The quantitative estimate of drug-likeness (QED) is 0.522. The number of aromatic amines is 1. The van der Waals surface area contributed by atoms with E-state index in [1.54, 1.807) is 6.20 Å². The Morgan fingerprint density at radius 1 is 1.20 bits per heavy atom. The van der Waals surface area contributed by atoms with Gasteiger partial charge in [-0.2, -0.15) is 10.2 Å². The predicted molar refractivity (Wildman–Crippen MR) is 95.9 cm³/mol. The number of nitrogen functional groups attached to an aromatic ring is 1. The van der Waals surface area contributed by atoms with E-state index >= 15 is 0 Å². The minimum absolute atomic E-state index is 0.222. The predicted octanol–water partition coefficient (Wildman–Crippen LogP) is 2.64. The van der Waals surface area contributed by atoms with Gasteiger partial charge in [-0.3, -0.25) is 9.78 Å². The van der Waals surface area contributed by atoms with Crippen LogP contribution in [-0.4, -0.2) is 36.2 Å². The summed E-state index contributed by atoms with van der Waals surface area (Å²) < 4.78 is 1.94. The number of aliphatic hydroxyl groups is 1. The summed E-state index contributed by atoms with van der Waals surface area (Å²) in [7, 11) is 0. The van der Waals surface area contributed by atoms with E-state index in [0.29, 0.717) is 5.82 Å². The molecule has 1 aliphatic carbocycles. The van der Waals surface area contributed by atoms with Crippen molar-refractivity contribution >= 4 is 27.6 Å². The fraction of sp³-hybridized carbons (Fsp3) is 0.278. The minimum atomic E-state index is -0.235. The molecule has 0 radical (unpaired) electrons. The SMILES string of the molecule is Nc1nc2cc(-c3cc[nH]n3)ccc2c2nn([C@@H]3CC[C@H](O)C3)cc12. The second-order valence-corrected chi connectivity index (χ2v) is 6.68. The third-order valence-electron chi connectivity index (χ3n) is 5.05. The number of fused-ring (bicyclic) bond motifs is 3. The molecule has 4 N–H and O–H groups in total. The van der Waals surface area contributed by atoms with Crippen molar-refractivity contribution in [2.45, 2.75) is 31.4 Å². The van der Waals surface area contributed by atoms with Crippen molar-refractivity contribution in [2.24, 2.45) is 0 Å². The molecule has 3 aromatic heterocycles. The molecule has 7 nitrogen and oxygen atoms in total. The average Bonchev–Trinajstić information content (AvgIpc) is 3.34. The maximum atomic E-state index is 9.80. The number of hydrogen-bond acceptors (Lipinski definition) is 5. The van der Waals surface area contributed by atoms with Crippen molar-refractivity contribution in [1.29, 1.82) is 0 Å². The van der Waals surface area contributed by atoms with Gasteiger partial charge in [0.1, 0.15) is 11.3 Å². The Balaban J connectivity index is 1.67. The Hall–Kier alpha value is -2.93. The summed E-state index contributed by atoms with van der Waals surface area (Å²) in [5, 5.41) is 23.4. The molecule has 4 aromatic rings. The molecule has 0 bridgehead atoms. The van der Waals surface area contributed by atoms with Crippen LogP contribution in [-0.2, 0) is 0 Å². The summed E-state index contributed by atoms with van der Waals surface area (Å²) in [5.41, 5.74) is 9.71. The second-order valence-electron chi connectivity index (χ2n) is 6.68. The van der Waals surface area contributed by atoms with Gasteiger partial charge in [0.25, 0.3) is 0 Å². The highest BCUT2D eigenvalue weighted by Gasteiger charge is 2.25. The minimum Gasteiger partial charge on any atom is -0.393 e. The molecule has 1 aromatic carbocycles. The molecule has 126 valence electrons. The fourth-order valence-corrected chi connectivity index (χ4v) is 3.73. The Labute approximate surface area is 143 Å². The molecule has 2 atom stereocenters. The number of nitrogens with one attached hydrogen (secondary N) is 1. The molecule has 3 heterocycles. The van der Waals surface area contributed by atoms with Crippen molar-refractivity contribution in [1.82, 2.24) is 25.0 Å². The first-order valence-corrected chi connectivity index (χ1v) is 8.45. The Morgan fingerprint density at radius 3 is 2.88 bits per heavy atom. The van der Waals surface area contributed by atoms with Crippen LogP contribution in [0.1, 0.15) is 25.3 Å². The van der Waals surface area contributed by atoms with Gasteiger partial charge < -0.3 is 10.8 Å². The van der Waals surface area contributed by atoms with Gasteiger partial charge in [0.05, 0.1) is 28.7 Å². The van der Waals surface area contributed by atoms with Gasteiger partial charge in [-0.25, -0.2) is 4.98 Å². The maximum Gasteiger partial charge on any atom is 0.135 e. The lowest BCUT2D eigenvalue weighted by molar-refractivity contribution is 0.177. The zero-order chi connectivity index (χ0) is 17.0. The number of pyridine rings is 1. The van der Waals surface area contributed by atoms with Gasteiger partial charge >= 0.3 is 0 Å². The smallest absolute Gasteiger partial charge is 0.135 e. The van der Waals surface area contributed by atoms with Crippen molar-refractivity contribution in [3.8, 4) is 11.3 Å².